The lowest BCUT2D eigenvalue weighted by molar-refractivity contribution is 0.0241. The number of aromatic nitrogens is 1. The van der Waals surface area contributed by atoms with E-state index >= 15 is 0 Å². The number of carbonyl (C=O) groups excluding carboxylic acids is 1. The number of piperazine rings is 1. The Kier molecular flexibility index (Phi) is 4.22. The predicted molar refractivity (Wildman–Crippen MR) is 96.2 cm³/mol. The fraction of sp³-hybridized carbons (Fsp3) is 0.444. The van der Waals surface area contributed by atoms with Crippen LogP contribution in [0.1, 0.15) is 20.8 Å². The molecule has 1 amide bonds. The van der Waals surface area contributed by atoms with Gasteiger partial charge in [0.15, 0.2) is 0 Å². The Hall–Kier alpha value is -2.50. The van der Waals surface area contributed by atoms with Gasteiger partial charge in [-0.05, 0) is 26.8 Å². The molecule has 1 saturated heterocycles. The Balaban J connectivity index is 1.76. The van der Waals surface area contributed by atoms with E-state index in [2.05, 4.69) is 9.88 Å². The van der Waals surface area contributed by atoms with Gasteiger partial charge in [-0.3, -0.25) is 4.98 Å². The van der Waals surface area contributed by atoms with E-state index in [9.17, 15) is 4.79 Å². The third-order valence-electron chi connectivity index (χ3n) is 4.02. The largest absolute Gasteiger partial charge is 0.444 e. The number of pyridine rings is 1. The Morgan fingerprint density at radius 3 is 2.50 bits per heavy atom. The van der Waals surface area contributed by atoms with Crippen LogP contribution in [0.3, 0.4) is 0 Å². The zero-order valence-electron chi connectivity index (χ0n) is 14.5. The molecular weight excluding hydrogens is 304 g/mol. The van der Waals surface area contributed by atoms with Crippen molar-refractivity contribution in [2.24, 2.45) is 0 Å². The molecule has 1 aliphatic heterocycles. The maximum atomic E-state index is 12.2. The highest BCUT2D eigenvalue weighted by Gasteiger charge is 2.27. The van der Waals surface area contributed by atoms with E-state index in [0.717, 1.165) is 29.7 Å². The van der Waals surface area contributed by atoms with Crippen LogP contribution in [0.2, 0.25) is 0 Å². The summed E-state index contributed by atoms with van der Waals surface area (Å²) in [7, 11) is 0. The summed E-state index contributed by atoms with van der Waals surface area (Å²) in [6.07, 6.45) is 1.45. The van der Waals surface area contributed by atoms with Crippen molar-refractivity contribution in [3.05, 3.63) is 30.5 Å². The quantitative estimate of drug-likeness (QED) is 0.871. The van der Waals surface area contributed by atoms with Gasteiger partial charge in [-0.1, -0.05) is 18.2 Å². The second-order valence-electron chi connectivity index (χ2n) is 7.03. The third kappa shape index (κ3) is 3.37. The highest BCUT2D eigenvalue weighted by Crippen LogP contribution is 2.32. The fourth-order valence-corrected chi connectivity index (χ4v) is 2.93. The lowest BCUT2D eigenvalue weighted by Gasteiger charge is -2.37. The minimum absolute atomic E-state index is 0.255. The Labute approximate surface area is 142 Å². The maximum Gasteiger partial charge on any atom is 0.410 e. The van der Waals surface area contributed by atoms with Gasteiger partial charge in [-0.15, -0.1) is 0 Å². The zero-order valence-corrected chi connectivity index (χ0v) is 14.5. The van der Waals surface area contributed by atoms with Crippen LogP contribution < -0.4 is 10.6 Å². The van der Waals surface area contributed by atoms with Gasteiger partial charge in [0.25, 0.3) is 0 Å². The summed E-state index contributed by atoms with van der Waals surface area (Å²) in [5, 5.41) is 1.04. The molecule has 6 heteroatoms. The average Bonchev–Trinajstić information content (AvgIpc) is 2.53. The summed E-state index contributed by atoms with van der Waals surface area (Å²) >= 11 is 0. The van der Waals surface area contributed by atoms with Crippen LogP contribution in [0, 0.1) is 0 Å². The van der Waals surface area contributed by atoms with E-state index in [4.69, 9.17) is 10.5 Å². The molecule has 128 valence electrons. The van der Waals surface area contributed by atoms with Crippen LogP contribution >= 0.6 is 0 Å². The number of ether oxygens (including phenoxy) is 1. The molecule has 24 heavy (non-hydrogen) atoms. The van der Waals surface area contributed by atoms with Crippen LogP contribution in [0.4, 0.5) is 16.2 Å². The van der Waals surface area contributed by atoms with Crippen LogP contribution in [0.25, 0.3) is 10.9 Å². The number of nitrogens with zero attached hydrogens (tertiary/aromatic N) is 3. The van der Waals surface area contributed by atoms with Gasteiger partial charge < -0.3 is 20.3 Å². The third-order valence-corrected chi connectivity index (χ3v) is 4.02. The highest BCUT2D eigenvalue weighted by molar-refractivity contribution is 5.97. The van der Waals surface area contributed by atoms with Gasteiger partial charge in [0, 0.05) is 31.6 Å². The average molecular weight is 328 g/mol. The number of rotatable bonds is 1. The van der Waals surface area contributed by atoms with E-state index in [-0.39, 0.29) is 6.09 Å². The summed E-state index contributed by atoms with van der Waals surface area (Å²) < 4.78 is 5.45. The molecule has 0 atom stereocenters. The Bertz CT molecular complexity index is 746. The molecule has 6 nitrogen and oxygen atoms in total. The van der Waals surface area contributed by atoms with Crippen LogP contribution in [-0.4, -0.2) is 47.8 Å². The summed E-state index contributed by atoms with van der Waals surface area (Å²) in [4.78, 5) is 20.5. The molecule has 0 spiro atoms. The second kappa shape index (κ2) is 6.19. The van der Waals surface area contributed by atoms with Crippen molar-refractivity contribution in [1.82, 2.24) is 9.88 Å². The SMILES string of the molecule is CC(C)(C)OC(=O)N1CCN(c2c(N)cnc3ccccc23)CC1. The van der Waals surface area contributed by atoms with Gasteiger partial charge in [0.05, 0.1) is 23.1 Å². The molecule has 1 aliphatic rings. The zero-order chi connectivity index (χ0) is 17.3. The smallest absolute Gasteiger partial charge is 0.410 e. The molecular formula is C18H24N4O2. The highest BCUT2D eigenvalue weighted by atomic mass is 16.6. The van der Waals surface area contributed by atoms with Gasteiger partial charge in [0.1, 0.15) is 5.60 Å². The monoisotopic (exact) mass is 328 g/mol. The molecule has 0 radical (unpaired) electrons. The topological polar surface area (TPSA) is 71.7 Å². The molecule has 1 aromatic carbocycles. The minimum atomic E-state index is -0.472. The number of para-hydroxylation sites is 1. The first-order valence-electron chi connectivity index (χ1n) is 8.21. The van der Waals surface area contributed by atoms with Crippen LogP contribution in [0.5, 0.6) is 0 Å². The normalized spacial score (nSPS) is 15.6. The van der Waals surface area contributed by atoms with Gasteiger partial charge in [-0.25, -0.2) is 4.79 Å². The number of nitrogens with two attached hydrogens (primary N) is 1. The van der Waals surface area contributed by atoms with Crippen molar-refractivity contribution in [1.29, 1.82) is 0 Å². The van der Waals surface area contributed by atoms with Crippen LogP contribution in [0.15, 0.2) is 30.5 Å². The number of fused-ring (bicyclic) bond motifs is 1. The number of nitrogen functional groups attached to an aromatic ring is 1. The molecule has 1 fully saturated rings. The van der Waals surface area contributed by atoms with E-state index in [1.54, 1.807) is 11.1 Å². The second-order valence-corrected chi connectivity index (χ2v) is 7.03. The minimum Gasteiger partial charge on any atom is -0.444 e. The van der Waals surface area contributed by atoms with Crippen molar-refractivity contribution < 1.29 is 9.53 Å². The van der Waals surface area contributed by atoms with Crippen molar-refractivity contribution >= 4 is 28.4 Å². The molecule has 0 aliphatic carbocycles. The number of hydrogen-bond acceptors (Lipinski definition) is 5. The molecule has 2 N–H and O–H groups in total. The number of benzene rings is 1. The Morgan fingerprint density at radius 1 is 1.17 bits per heavy atom. The number of amides is 1. The van der Waals surface area contributed by atoms with E-state index in [1.165, 1.54) is 0 Å². The van der Waals surface area contributed by atoms with E-state index < -0.39 is 5.60 Å². The molecule has 0 bridgehead atoms. The number of carbonyl (C=O) groups is 1. The molecule has 3 rings (SSSR count). The fourth-order valence-electron chi connectivity index (χ4n) is 2.93. The van der Waals surface area contributed by atoms with Crippen molar-refractivity contribution in [2.45, 2.75) is 26.4 Å². The van der Waals surface area contributed by atoms with Gasteiger partial charge in [-0.2, -0.15) is 0 Å². The Morgan fingerprint density at radius 2 is 1.83 bits per heavy atom. The summed E-state index contributed by atoms with van der Waals surface area (Å²) in [5.74, 6) is 0. The van der Waals surface area contributed by atoms with Gasteiger partial charge >= 0.3 is 6.09 Å². The number of anilines is 2. The lowest BCUT2D eigenvalue weighted by Crippen LogP contribution is -2.50. The number of hydrogen-bond donors (Lipinski definition) is 1. The summed E-state index contributed by atoms with van der Waals surface area (Å²) in [5.41, 5.74) is 8.31. The summed E-state index contributed by atoms with van der Waals surface area (Å²) in [6, 6.07) is 7.98. The molecule has 2 aromatic rings. The van der Waals surface area contributed by atoms with E-state index in [1.807, 2.05) is 45.0 Å². The van der Waals surface area contributed by atoms with Gasteiger partial charge in [0.2, 0.25) is 0 Å². The van der Waals surface area contributed by atoms with Crippen LogP contribution in [-0.2, 0) is 4.74 Å². The first-order valence-corrected chi connectivity index (χ1v) is 8.21. The standard InChI is InChI=1S/C18H24N4O2/c1-18(2,3)24-17(23)22-10-8-21(9-11-22)16-13-6-4-5-7-15(13)20-12-14(16)19/h4-7,12H,8-11,19H2,1-3H3. The molecule has 1 aromatic heterocycles. The van der Waals surface area contributed by atoms with Crippen molar-refractivity contribution in [3.8, 4) is 0 Å². The molecule has 0 saturated carbocycles. The first-order chi connectivity index (χ1) is 11.3. The van der Waals surface area contributed by atoms with E-state index in [0.29, 0.717) is 18.8 Å². The van der Waals surface area contributed by atoms with Crippen molar-refractivity contribution in [3.63, 3.8) is 0 Å². The first kappa shape index (κ1) is 16.4. The lowest BCUT2D eigenvalue weighted by atomic mass is 10.1. The molecule has 2 heterocycles. The molecule has 0 unspecified atom stereocenters. The summed E-state index contributed by atoms with van der Waals surface area (Å²) in [6.45, 7) is 8.31. The predicted octanol–water partition coefficient (Wildman–Crippen LogP) is 2.87. The van der Waals surface area contributed by atoms with Crippen molar-refractivity contribution in [2.75, 3.05) is 36.8 Å². The maximum absolute atomic E-state index is 12.2.